The lowest BCUT2D eigenvalue weighted by Crippen LogP contribution is -2.35. The van der Waals surface area contributed by atoms with Gasteiger partial charge in [-0.2, -0.15) is 10.0 Å². The molecule has 0 bridgehead atoms. The van der Waals surface area contributed by atoms with Gasteiger partial charge in [0.1, 0.15) is 0 Å². The first kappa shape index (κ1) is 24.4. The zero-order valence-electron chi connectivity index (χ0n) is 18.9. The van der Waals surface area contributed by atoms with E-state index < -0.39 is 21.7 Å². The number of sulfone groups is 1. The summed E-state index contributed by atoms with van der Waals surface area (Å²) >= 11 is 0.735. The zero-order chi connectivity index (χ0) is 25.3. The Kier molecular flexibility index (Phi) is 6.59. The molecule has 35 heavy (non-hydrogen) atoms. The van der Waals surface area contributed by atoms with Crippen molar-refractivity contribution >= 4 is 54.9 Å². The van der Waals surface area contributed by atoms with Gasteiger partial charge in [-0.1, -0.05) is 30.7 Å². The Balaban J connectivity index is 1.60. The average Bonchev–Trinajstić information content (AvgIpc) is 3.28. The van der Waals surface area contributed by atoms with Crippen LogP contribution in [0, 0.1) is 12.3 Å². The summed E-state index contributed by atoms with van der Waals surface area (Å²) in [6.45, 7) is 3.39. The number of aliphatic imine (C=N–C) groups is 1. The first-order valence-electron chi connectivity index (χ1n) is 10.3. The number of nitrogens with one attached hydrogen (secondary N) is 1. The number of ether oxygens (including phenoxy) is 2. The third kappa shape index (κ3) is 4.88. The number of rotatable bonds is 5. The van der Waals surface area contributed by atoms with E-state index >= 15 is 0 Å². The molecular weight excluding hydrogens is 492 g/mol. The predicted molar refractivity (Wildman–Crippen MR) is 134 cm³/mol. The topological polar surface area (TPSA) is 139 Å². The van der Waals surface area contributed by atoms with Crippen LogP contribution in [0.1, 0.15) is 28.4 Å². The van der Waals surface area contributed by atoms with Gasteiger partial charge in [0.05, 0.1) is 24.0 Å². The van der Waals surface area contributed by atoms with Crippen molar-refractivity contribution in [2.75, 3.05) is 12.9 Å². The largest absolute Gasteiger partial charge is 0.493 e. The molecule has 0 unspecified atom stereocenters. The molecular formula is C23H20N4O6S2. The minimum atomic E-state index is -3.61. The van der Waals surface area contributed by atoms with Gasteiger partial charge in [-0.25, -0.2) is 13.2 Å². The number of benzene rings is 2. The van der Waals surface area contributed by atoms with E-state index in [0.29, 0.717) is 11.1 Å². The lowest BCUT2D eigenvalue weighted by Gasteiger charge is -2.20. The summed E-state index contributed by atoms with van der Waals surface area (Å²) in [5.74, 6) is -1.30. The van der Waals surface area contributed by atoms with Crippen LogP contribution in [0.5, 0.6) is 11.5 Å². The highest BCUT2D eigenvalue weighted by Crippen LogP contribution is 2.33. The maximum Gasteiger partial charge on any atom is 0.343 e. The molecule has 12 heteroatoms. The van der Waals surface area contributed by atoms with Gasteiger partial charge in [0, 0.05) is 0 Å². The van der Waals surface area contributed by atoms with Crippen LogP contribution < -0.4 is 9.47 Å². The number of hydrogen-bond acceptors (Lipinski definition) is 9. The Hall–Kier alpha value is -3.77. The molecule has 2 aromatic carbocycles. The third-order valence-corrected chi connectivity index (χ3v) is 8.16. The lowest BCUT2D eigenvalue weighted by molar-refractivity contribution is -0.114. The number of carbonyl (C=O) groups is 2. The number of amidine groups is 2. The Labute approximate surface area is 205 Å². The molecule has 0 saturated heterocycles. The van der Waals surface area contributed by atoms with Gasteiger partial charge in [0.2, 0.25) is 19.4 Å². The summed E-state index contributed by atoms with van der Waals surface area (Å²) in [6, 6.07) is 11.6. The van der Waals surface area contributed by atoms with E-state index in [1.165, 1.54) is 26.2 Å². The molecule has 180 valence electrons. The van der Waals surface area contributed by atoms with Gasteiger partial charge < -0.3 is 9.47 Å². The van der Waals surface area contributed by atoms with E-state index in [1.54, 1.807) is 36.4 Å². The second kappa shape index (κ2) is 9.47. The number of esters is 1. The number of carbonyl (C=O) groups excluding carboxylic acids is 2. The first-order valence-corrected chi connectivity index (χ1v) is 12.8. The van der Waals surface area contributed by atoms with Crippen molar-refractivity contribution in [3.05, 3.63) is 64.7 Å². The molecule has 0 radical (unpaired) electrons. The number of hydrogen-bond donors (Lipinski definition) is 1. The van der Waals surface area contributed by atoms with Crippen LogP contribution in [-0.4, -0.2) is 53.5 Å². The highest BCUT2D eigenvalue weighted by molar-refractivity contribution is 8.42. The SMILES string of the molecule is CCS(=O)(=O)C1=NN2C(=N)/C(=C/c3ccc(OC(=O)c4ccc(C)cc4)c(OC)c3)C(=O)N=C2S1. The summed E-state index contributed by atoms with van der Waals surface area (Å²) in [4.78, 5) is 28.9. The maximum atomic E-state index is 12.6. The molecule has 0 atom stereocenters. The van der Waals surface area contributed by atoms with E-state index in [-0.39, 0.29) is 38.2 Å². The number of amides is 1. The van der Waals surface area contributed by atoms with Crippen molar-refractivity contribution in [3.8, 4) is 11.5 Å². The van der Waals surface area contributed by atoms with Crippen molar-refractivity contribution < 1.29 is 27.5 Å². The van der Waals surface area contributed by atoms with Crippen LogP contribution in [-0.2, 0) is 14.6 Å². The molecule has 1 N–H and O–H groups in total. The number of fused-ring (bicyclic) bond motifs is 1. The van der Waals surface area contributed by atoms with Crippen LogP contribution in [0.3, 0.4) is 0 Å². The molecule has 1 amide bonds. The highest BCUT2D eigenvalue weighted by Gasteiger charge is 2.39. The Bertz CT molecular complexity index is 1440. The van der Waals surface area contributed by atoms with Gasteiger partial charge in [-0.05, 0) is 54.6 Å². The molecule has 2 aliphatic rings. The fourth-order valence-electron chi connectivity index (χ4n) is 3.10. The number of thioether (sulfide) groups is 1. The highest BCUT2D eigenvalue weighted by atomic mass is 32.3. The van der Waals surface area contributed by atoms with Crippen molar-refractivity contribution in [1.82, 2.24) is 5.01 Å². The summed E-state index contributed by atoms with van der Waals surface area (Å²) in [6.07, 6.45) is 1.41. The van der Waals surface area contributed by atoms with Crippen LogP contribution in [0.25, 0.3) is 6.08 Å². The van der Waals surface area contributed by atoms with E-state index in [0.717, 1.165) is 22.3 Å². The van der Waals surface area contributed by atoms with Gasteiger partial charge >= 0.3 is 5.97 Å². The molecule has 0 aromatic heterocycles. The lowest BCUT2D eigenvalue weighted by atomic mass is 10.1. The minimum absolute atomic E-state index is 0.0140. The van der Waals surface area contributed by atoms with Gasteiger partial charge in [0.15, 0.2) is 17.3 Å². The molecule has 10 nitrogen and oxygen atoms in total. The van der Waals surface area contributed by atoms with Crippen LogP contribution >= 0.6 is 11.8 Å². The molecule has 2 heterocycles. The fraction of sp³-hybridized carbons (Fsp3) is 0.174. The second-order valence-electron chi connectivity index (χ2n) is 7.46. The zero-order valence-corrected chi connectivity index (χ0v) is 20.6. The molecule has 0 fully saturated rings. The van der Waals surface area contributed by atoms with E-state index in [1.807, 2.05) is 6.92 Å². The van der Waals surface area contributed by atoms with E-state index in [2.05, 4.69) is 10.1 Å². The predicted octanol–water partition coefficient (Wildman–Crippen LogP) is 3.23. The first-order chi connectivity index (χ1) is 16.6. The maximum absolute atomic E-state index is 12.6. The van der Waals surface area contributed by atoms with Crippen molar-refractivity contribution in [3.63, 3.8) is 0 Å². The number of methoxy groups -OCH3 is 1. The van der Waals surface area contributed by atoms with Crippen LogP contribution in [0.15, 0.2) is 58.1 Å². The molecule has 0 saturated carbocycles. The number of nitrogens with zero attached hydrogens (tertiary/aromatic N) is 3. The standard InChI is InChI=1S/C23H20N4O6S2/c1-4-35(30,31)23-26-27-19(24)16(20(28)25-22(27)34-23)11-14-7-10-17(18(12-14)32-3)33-21(29)15-8-5-13(2)6-9-15/h5-12,24H,4H2,1-3H3/b16-11-,24-19?. The van der Waals surface area contributed by atoms with Crippen molar-refractivity contribution in [2.24, 2.45) is 10.1 Å². The van der Waals surface area contributed by atoms with E-state index in [4.69, 9.17) is 14.9 Å². The third-order valence-electron chi connectivity index (χ3n) is 5.07. The fourth-order valence-corrected chi connectivity index (χ4v) is 5.26. The Morgan fingerprint density at radius 1 is 1.17 bits per heavy atom. The normalized spacial score (nSPS) is 16.7. The summed E-state index contributed by atoms with van der Waals surface area (Å²) in [7, 11) is -2.21. The van der Waals surface area contributed by atoms with Crippen LogP contribution in [0.4, 0.5) is 0 Å². The smallest absolute Gasteiger partial charge is 0.343 e. The quantitative estimate of drug-likeness (QED) is 0.366. The second-order valence-corrected chi connectivity index (χ2v) is 10.9. The van der Waals surface area contributed by atoms with Crippen LogP contribution in [0.2, 0.25) is 0 Å². The summed E-state index contributed by atoms with van der Waals surface area (Å²) < 4.78 is 34.9. The van der Waals surface area contributed by atoms with Gasteiger partial charge in [-0.15, -0.1) is 5.10 Å². The molecule has 0 spiro atoms. The van der Waals surface area contributed by atoms with E-state index in [9.17, 15) is 18.0 Å². The average molecular weight is 513 g/mol. The molecule has 0 aliphatic carbocycles. The Morgan fingerprint density at radius 2 is 1.89 bits per heavy atom. The Morgan fingerprint density at radius 3 is 2.54 bits per heavy atom. The number of hydrazone groups is 1. The minimum Gasteiger partial charge on any atom is -0.493 e. The van der Waals surface area contributed by atoms with Crippen molar-refractivity contribution in [2.45, 2.75) is 13.8 Å². The summed E-state index contributed by atoms with van der Waals surface area (Å²) in [5.41, 5.74) is 1.78. The number of aryl methyl sites for hydroxylation is 1. The molecule has 4 rings (SSSR count). The van der Waals surface area contributed by atoms with Gasteiger partial charge in [-0.3, -0.25) is 10.2 Å². The monoisotopic (exact) mass is 512 g/mol. The molecule has 2 aliphatic heterocycles. The summed E-state index contributed by atoms with van der Waals surface area (Å²) in [5, 5.41) is 13.4. The molecule has 2 aromatic rings. The van der Waals surface area contributed by atoms with Crippen molar-refractivity contribution in [1.29, 1.82) is 5.41 Å². The van der Waals surface area contributed by atoms with Gasteiger partial charge in [0.25, 0.3) is 5.91 Å².